The second kappa shape index (κ2) is 12.3. The molecule has 2 spiro atoms. The lowest BCUT2D eigenvalue weighted by molar-refractivity contribution is -0.557. The number of hydrogen-bond donors (Lipinski definition) is 0. The third-order valence-corrected chi connectivity index (χ3v) is 14.1. The Bertz CT molecular complexity index is 1460. The summed E-state index contributed by atoms with van der Waals surface area (Å²) in [4.78, 5) is 23.2. The molecule has 8 aliphatic heterocycles. The van der Waals surface area contributed by atoms with E-state index >= 15 is 0 Å². The Labute approximate surface area is 296 Å². The fourth-order valence-corrected chi connectivity index (χ4v) is 11.1. The van der Waals surface area contributed by atoms with E-state index in [-0.39, 0.29) is 36.5 Å². The van der Waals surface area contributed by atoms with Crippen LogP contribution in [0.4, 0.5) is 26.3 Å². The van der Waals surface area contributed by atoms with Crippen LogP contribution in [0.25, 0.3) is 0 Å². The van der Waals surface area contributed by atoms with Gasteiger partial charge in [-0.15, -0.1) is 0 Å². The molecule has 294 valence electrons. The average molecular weight is 777 g/mol. The van der Waals surface area contributed by atoms with Crippen LogP contribution in [0.1, 0.15) is 79.1 Å². The first-order chi connectivity index (χ1) is 24.3. The highest BCUT2D eigenvalue weighted by atomic mass is 31.2. The van der Waals surface area contributed by atoms with Crippen LogP contribution in [0.2, 0.25) is 0 Å². The summed E-state index contributed by atoms with van der Waals surface area (Å²) in [5, 5.41) is 0. The number of phosphoric ester groups is 1. The molecule has 0 radical (unpaired) electrons. The quantitative estimate of drug-likeness (QED) is 0.142. The van der Waals surface area contributed by atoms with Crippen molar-refractivity contribution in [2.24, 2.45) is 35.5 Å². The smallest absolute Gasteiger partial charge is 0.456 e. The predicted molar refractivity (Wildman–Crippen MR) is 160 cm³/mol. The third kappa shape index (κ3) is 5.63. The maximum atomic E-state index is 14.7. The summed E-state index contributed by atoms with van der Waals surface area (Å²) in [6.07, 6.45) is -9.78. The van der Waals surface area contributed by atoms with Gasteiger partial charge in [-0.2, -0.15) is 26.3 Å². The molecule has 12 nitrogen and oxygen atoms in total. The highest BCUT2D eigenvalue weighted by Crippen LogP contribution is 2.64. The number of rotatable bonds is 7. The molecule has 0 N–H and O–H groups in total. The van der Waals surface area contributed by atoms with E-state index in [0.717, 1.165) is 7.11 Å². The Morgan fingerprint density at radius 3 is 1.44 bits per heavy atom. The zero-order valence-electron chi connectivity index (χ0n) is 29.3. The molecule has 6 saturated heterocycles. The maximum absolute atomic E-state index is 14.7. The minimum absolute atomic E-state index is 0.0133. The van der Waals surface area contributed by atoms with Gasteiger partial charge in [0, 0.05) is 54.8 Å². The number of allylic oxidation sites excluding steroid dienone is 2. The Morgan fingerprint density at radius 2 is 1.08 bits per heavy atom. The highest BCUT2D eigenvalue weighted by Gasteiger charge is 2.72. The molecular weight excluding hydrogens is 733 g/mol. The number of hydrogen-bond acceptors (Lipinski definition) is 12. The van der Waals surface area contributed by atoms with Crippen LogP contribution in [0.15, 0.2) is 22.7 Å². The number of phosphoric acid groups is 1. The SMILES string of the molecule is COP(=O)(OCC1=C(C(F)(F)F)O[C@@H]2OC3(C)CCC4[C@H](C)CC[C@@H]1[C@]42OO3)OCC1=C(C(F)(F)F)O[C@@H]2OC3(C)CCC4[C@H](C)CC[C@@H]1[C@]42OO3. The topological polar surface area (TPSA) is 119 Å². The van der Waals surface area contributed by atoms with Gasteiger partial charge in [0.2, 0.25) is 35.7 Å². The van der Waals surface area contributed by atoms with Gasteiger partial charge in [-0.05, 0) is 64.2 Å². The summed E-state index contributed by atoms with van der Waals surface area (Å²) >= 11 is 0. The molecule has 4 unspecified atom stereocenters. The molecule has 12 atom stereocenters. The van der Waals surface area contributed by atoms with Crippen LogP contribution >= 0.6 is 7.82 Å². The average Bonchev–Trinajstić information content (AvgIpc) is 3.45. The van der Waals surface area contributed by atoms with Gasteiger partial charge in [0.25, 0.3) is 0 Å². The molecule has 0 amide bonds. The lowest BCUT2D eigenvalue weighted by Crippen LogP contribution is -2.67. The van der Waals surface area contributed by atoms with E-state index in [4.69, 9.17) is 52.1 Å². The molecular formula is C33H43F6O12P. The van der Waals surface area contributed by atoms with Crippen molar-refractivity contribution in [3.63, 3.8) is 0 Å². The molecule has 0 aromatic carbocycles. The normalized spacial score (nSPS) is 46.8. The van der Waals surface area contributed by atoms with Crippen molar-refractivity contribution in [3.8, 4) is 0 Å². The summed E-state index contributed by atoms with van der Waals surface area (Å²) in [5.74, 6) is -8.09. The molecule has 0 aromatic rings. The van der Waals surface area contributed by atoms with Crippen molar-refractivity contribution in [1.82, 2.24) is 0 Å². The number of alkyl halides is 6. The van der Waals surface area contributed by atoms with Crippen molar-refractivity contribution in [2.75, 3.05) is 20.3 Å². The summed E-state index contributed by atoms with van der Waals surface area (Å²) in [6.45, 7) is 5.15. The van der Waals surface area contributed by atoms with Crippen molar-refractivity contribution in [2.45, 2.75) is 127 Å². The van der Waals surface area contributed by atoms with Crippen LogP contribution < -0.4 is 0 Å². The van der Waals surface area contributed by atoms with Crippen LogP contribution in [0, 0.1) is 35.5 Å². The van der Waals surface area contributed by atoms with Gasteiger partial charge in [-0.25, -0.2) is 24.1 Å². The molecule has 2 saturated carbocycles. The van der Waals surface area contributed by atoms with E-state index in [1.165, 1.54) is 0 Å². The van der Waals surface area contributed by atoms with Crippen LogP contribution in [0.3, 0.4) is 0 Å². The van der Waals surface area contributed by atoms with Gasteiger partial charge in [0.1, 0.15) is 0 Å². The summed E-state index contributed by atoms with van der Waals surface area (Å²) < 4.78 is 141. The lowest BCUT2D eigenvalue weighted by Gasteiger charge is -2.57. The largest absolute Gasteiger partial charge is 0.475 e. The number of ether oxygens (including phenoxy) is 4. The van der Waals surface area contributed by atoms with Crippen molar-refractivity contribution in [1.29, 1.82) is 0 Å². The number of halogens is 6. The molecule has 10 aliphatic rings. The van der Waals surface area contributed by atoms with Crippen molar-refractivity contribution < 1.29 is 83.0 Å². The van der Waals surface area contributed by atoms with E-state index < -0.39 is 103 Å². The van der Waals surface area contributed by atoms with Crippen LogP contribution in [-0.4, -0.2) is 68.0 Å². The molecule has 2 aliphatic carbocycles. The summed E-state index contributed by atoms with van der Waals surface area (Å²) in [6, 6.07) is 0. The predicted octanol–water partition coefficient (Wildman–Crippen LogP) is 7.90. The molecule has 52 heavy (non-hydrogen) atoms. The van der Waals surface area contributed by atoms with Gasteiger partial charge in [0.05, 0.1) is 13.2 Å². The second-order valence-corrected chi connectivity index (χ2v) is 17.6. The molecule has 0 aromatic heterocycles. The molecule has 8 heterocycles. The minimum atomic E-state index is -5.03. The Hall–Kier alpha value is -1.47. The van der Waals surface area contributed by atoms with E-state index in [9.17, 15) is 30.9 Å². The van der Waals surface area contributed by atoms with Gasteiger partial charge >= 0.3 is 20.2 Å². The van der Waals surface area contributed by atoms with Gasteiger partial charge in [-0.3, -0.25) is 13.6 Å². The molecule has 10 rings (SSSR count). The van der Waals surface area contributed by atoms with E-state index in [0.29, 0.717) is 38.5 Å². The van der Waals surface area contributed by atoms with Crippen LogP contribution in [0.5, 0.6) is 0 Å². The van der Waals surface area contributed by atoms with E-state index in [1.54, 1.807) is 13.8 Å². The highest BCUT2D eigenvalue weighted by molar-refractivity contribution is 7.48. The first-order valence-corrected chi connectivity index (χ1v) is 19.2. The molecule has 8 fully saturated rings. The van der Waals surface area contributed by atoms with Gasteiger partial charge in [-0.1, -0.05) is 13.8 Å². The monoisotopic (exact) mass is 776 g/mol. The second-order valence-electron chi connectivity index (χ2n) is 15.8. The zero-order valence-corrected chi connectivity index (χ0v) is 30.2. The Morgan fingerprint density at radius 1 is 0.673 bits per heavy atom. The zero-order chi connectivity index (χ0) is 37.3. The van der Waals surface area contributed by atoms with E-state index in [2.05, 4.69) is 0 Å². The summed E-state index contributed by atoms with van der Waals surface area (Å²) in [5.41, 5.74) is -3.80. The van der Waals surface area contributed by atoms with E-state index in [1.807, 2.05) is 13.8 Å². The first kappa shape index (κ1) is 37.5. The third-order valence-electron chi connectivity index (χ3n) is 12.8. The standard InChI is InChI=1S/C33H43F6O12P/c1-16-6-8-22-18(24(32(34,35)36)44-26-30(22)20(16)10-12-28(3,46-26)48-50-30)14-42-52(40,41-5)43-15-19-23-9-7-17(2)21-11-13-29(4)47-27(31(21,23)51-49-29)45-25(19)33(37,38)39/h16-17,20-23,26-27H,6-15H2,1-5H3/t16-,17-,20?,21?,22+,23+,26-,27-,28?,29?,30-,31-,52?/m1/s1. The Kier molecular flexibility index (Phi) is 8.83. The molecule has 4 bridgehead atoms. The van der Waals surface area contributed by atoms with Crippen LogP contribution in [-0.2, 0) is 56.6 Å². The molecule has 19 heteroatoms. The minimum Gasteiger partial charge on any atom is -0.456 e. The fraction of sp³-hybridized carbons (Fsp3) is 0.879. The number of fused-ring (bicyclic) bond motifs is 4. The van der Waals surface area contributed by atoms with Crippen molar-refractivity contribution in [3.05, 3.63) is 22.7 Å². The Balaban J connectivity index is 1.10. The van der Waals surface area contributed by atoms with Gasteiger partial charge < -0.3 is 18.9 Å². The summed E-state index contributed by atoms with van der Waals surface area (Å²) in [7, 11) is -3.94. The van der Waals surface area contributed by atoms with Crippen molar-refractivity contribution >= 4 is 7.82 Å². The van der Waals surface area contributed by atoms with Gasteiger partial charge in [0.15, 0.2) is 11.2 Å². The fourth-order valence-electron chi connectivity index (χ4n) is 10.2. The lowest BCUT2D eigenvalue weighted by atomic mass is 9.59. The first-order valence-electron chi connectivity index (χ1n) is 17.8. The maximum Gasteiger partial charge on any atom is 0.475 e.